The zero-order valence-corrected chi connectivity index (χ0v) is 14.3. The van der Waals surface area contributed by atoms with Gasteiger partial charge in [-0.15, -0.1) is 0 Å². The van der Waals surface area contributed by atoms with Crippen LogP contribution in [0.1, 0.15) is 46.1 Å². The predicted molar refractivity (Wildman–Crippen MR) is 89.0 cm³/mol. The van der Waals surface area contributed by atoms with Crippen molar-refractivity contribution in [1.29, 1.82) is 0 Å². The van der Waals surface area contributed by atoms with Crippen LogP contribution in [0.3, 0.4) is 0 Å². The van der Waals surface area contributed by atoms with Crippen LogP contribution < -0.4 is 10.1 Å². The van der Waals surface area contributed by atoms with Gasteiger partial charge in [-0.1, -0.05) is 51.4 Å². The molecule has 0 aromatic heterocycles. The third kappa shape index (κ3) is 5.85. The molecule has 0 aliphatic carbocycles. The molecule has 0 heterocycles. The molecule has 0 spiro atoms. The van der Waals surface area contributed by atoms with Crippen LogP contribution in [0.2, 0.25) is 5.02 Å². The topological polar surface area (TPSA) is 41.5 Å². The maximum absolute atomic E-state index is 10.3. The Hall–Kier alpha value is -0.770. The zero-order chi connectivity index (χ0) is 15.9. The summed E-state index contributed by atoms with van der Waals surface area (Å²) >= 11 is 6.25. The zero-order valence-electron chi connectivity index (χ0n) is 13.6. The van der Waals surface area contributed by atoms with Gasteiger partial charge in [-0.25, -0.2) is 0 Å². The highest BCUT2D eigenvalue weighted by molar-refractivity contribution is 6.32. The largest absolute Gasteiger partial charge is 0.489 e. The van der Waals surface area contributed by atoms with Gasteiger partial charge in [0.25, 0.3) is 0 Å². The summed E-state index contributed by atoms with van der Waals surface area (Å²) < 4.78 is 5.85. The van der Waals surface area contributed by atoms with Gasteiger partial charge in [0.15, 0.2) is 0 Å². The van der Waals surface area contributed by atoms with Crippen LogP contribution >= 0.6 is 11.6 Å². The molecule has 1 aromatic rings. The second-order valence-corrected chi connectivity index (χ2v) is 6.38. The molecule has 3 nitrogen and oxygen atoms in total. The molecule has 0 bridgehead atoms. The van der Waals surface area contributed by atoms with Crippen LogP contribution in [0.4, 0.5) is 0 Å². The van der Waals surface area contributed by atoms with Gasteiger partial charge in [0, 0.05) is 12.1 Å². The van der Waals surface area contributed by atoms with Gasteiger partial charge in [-0.05, 0) is 31.4 Å². The minimum Gasteiger partial charge on any atom is -0.489 e. The van der Waals surface area contributed by atoms with Crippen LogP contribution in [-0.4, -0.2) is 23.9 Å². The van der Waals surface area contributed by atoms with Gasteiger partial charge in [0.05, 0.1) is 10.6 Å². The summed E-state index contributed by atoms with van der Waals surface area (Å²) in [5, 5.41) is 14.3. The number of nitrogens with one attached hydrogen (secondary N) is 1. The van der Waals surface area contributed by atoms with Crippen molar-refractivity contribution in [3.05, 3.63) is 28.8 Å². The molecule has 0 aliphatic heterocycles. The maximum Gasteiger partial charge on any atom is 0.142 e. The van der Waals surface area contributed by atoms with Gasteiger partial charge < -0.3 is 15.2 Å². The second kappa shape index (κ2) is 8.62. The van der Waals surface area contributed by atoms with E-state index in [0.29, 0.717) is 36.1 Å². The first-order valence-corrected chi connectivity index (χ1v) is 8.13. The van der Waals surface area contributed by atoms with Gasteiger partial charge in [-0.3, -0.25) is 0 Å². The highest BCUT2D eigenvalue weighted by Gasteiger charge is 2.24. The van der Waals surface area contributed by atoms with E-state index in [4.69, 9.17) is 16.3 Å². The van der Waals surface area contributed by atoms with E-state index >= 15 is 0 Å². The van der Waals surface area contributed by atoms with Gasteiger partial charge in [0.2, 0.25) is 0 Å². The highest BCUT2D eigenvalue weighted by atomic mass is 35.5. The van der Waals surface area contributed by atoms with Gasteiger partial charge in [-0.2, -0.15) is 0 Å². The van der Waals surface area contributed by atoms with E-state index in [9.17, 15) is 5.11 Å². The van der Waals surface area contributed by atoms with E-state index in [-0.39, 0.29) is 6.61 Å². The van der Waals surface area contributed by atoms with Crippen molar-refractivity contribution in [2.45, 2.75) is 52.7 Å². The summed E-state index contributed by atoms with van der Waals surface area (Å²) in [4.78, 5) is 0. The summed E-state index contributed by atoms with van der Waals surface area (Å²) in [5.74, 6) is 1.27. The maximum atomic E-state index is 10.3. The van der Waals surface area contributed by atoms with Gasteiger partial charge >= 0.3 is 0 Å². The third-order valence-corrected chi connectivity index (χ3v) is 4.02. The van der Waals surface area contributed by atoms with Crippen molar-refractivity contribution in [2.24, 2.45) is 5.92 Å². The number of hydrogen-bond donors (Lipinski definition) is 2. The molecule has 0 atom stereocenters. The van der Waals surface area contributed by atoms with Crippen molar-refractivity contribution in [3.63, 3.8) is 0 Å². The van der Waals surface area contributed by atoms with Gasteiger partial charge in [0.1, 0.15) is 12.4 Å². The van der Waals surface area contributed by atoms with E-state index in [1.807, 2.05) is 32.0 Å². The lowest BCUT2D eigenvalue weighted by Gasteiger charge is -2.26. The van der Waals surface area contributed by atoms with Crippen molar-refractivity contribution in [2.75, 3.05) is 13.2 Å². The molecular weight excluding hydrogens is 286 g/mol. The molecule has 1 aromatic carbocycles. The predicted octanol–water partition coefficient (Wildman–Crippen LogP) is 4.02. The molecule has 0 fully saturated rings. The monoisotopic (exact) mass is 313 g/mol. The molecule has 0 aliphatic rings. The van der Waals surface area contributed by atoms with Crippen molar-refractivity contribution in [1.82, 2.24) is 5.32 Å². The van der Waals surface area contributed by atoms with Crippen molar-refractivity contribution in [3.8, 4) is 5.75 Å². The fraction of sp³-hybridized carbons (Fsp3) is 0.647. The molecule has 120 valence electrons. The molecular formula is C17H28ClNO2. The Morgan fingerprint density at radius 1 is 1.29 bits per heavy atom. The summed E-state index contributed by atoms with van der Waals surface area (Å²) in [5.41, 5.74) is 0.236. The first-order valence-electron chi connectivity index (χ1n) is 7.75. The number of hydrogen-bond acceptors (Lipinski definition) is 3. The number of benzene rings is 1. The standard InChI is InChI=1S/C17H28ClNO2/c1-5-17(20,6-2)12-21-16-14(8-7-9-15(16)18)11-19-10-13(3)4/h7-9,13,19-20H,5-6,10-12H2,1-4H3. The third-order valence-electron chi connectivity index (χ3n) is 3.72. The van der Waals surface area contributed by atoms with E-state index in [0.717, 1.165) is 12.1 Å². The van der Waals surface area contributed by atoms with E-state index in [2.05, 4.69) is 19.2 Å². The lowest BCUT2D eigenvalue weighted by atomic mass is 9.99. The first kappa shape index (κ1) is 18.3. The Balaban J connectivity index is 2.75. The Morgan fingerprint density at radius 3 is 2.52 bits per heavy atom. The summed E-state index contributed by atoms with van der Waals surface area (Å²) in [7, 11) is 0. The molecule has 4 heteroatoms. The normalized spacial score (nSPS) is 12.0. The molecule has 0 radical (unpaired) electrons. The van der Waals surface area contributed by atoms with E-state index in [1.54, 1.807) is 0 Å². The smallest absolute Gasteiger partial charge is 0.142 e. The average Bonchev–Trinajstić information content (AvgIpc) is 2.46. The van der Waals surface area contributed by atoms with Crippen LogP contribution in [-0.2, 0) is 6.54 Å². The number of aliphatic hydroxyl groups is 1. The van der Waals surface area contributed by atoms with Crippen molar-refractivity contribution >= 4 is 11.6 Å². The summed E-state index contributed by atoms with van der Waals surface area (Å²) in [6.45, 7) is 10.2. The Kier molecular flexibility index (Phi) is 7.50. The Morgan fingerprint density at radius 2 is 1.95 bits per heavy atom. The first-order chi connectivity index (χ1) is 9.91. The minimum absolute atomic E-state index is 0.265. The molecule has 2 N–H and O–H groups in total. The van der Waals surface area contributed by atoms with Crippen LogP contribution in [0, 0.1) is 5.92 Å². The SMILES string of the molecule is CCC(O)(CC)COc1c(Cl)cccc1CNCC(C)C. The molecule has 0 saturated carbocycles. The summed E-state index contributed by atoms with van der Waals surface area (Å²) in [6, 6.07) is 5.75. The van der Waals surface area contributed by atoms with Crippen LogP contribution in [0.5, 0.6) is 5.75 Å². The Labute approximate surface area is 133 Å². The van der Waals surface area contributed by atoms with E-state index < -0.39 is 5.60 Å². The fourth-order valence-electron chi connectivity index (χ4n) is 2.01. The van der Waals surface area contributed by atoms with Crippen LogP contribution in [0.25, 0.3) is 0 Å². The summed E-state index contributed by atoms with van der Waals surface area (Å²) in [6.07, 6.45) is 1.32. The highest BCUT2D eigenvalue weighted by Crippen LogP contribution is 2.30. The Bertz CT molecular complexity index is 431. The number of ether oxygens (including phenoxy) is 1. The van der Waals surface area contributed by atoms with E-state index in [1.165, 1.54) is 0 Å². The average molecular weight is 314 g/mol. The molecule has 0 saturated heterocycles. The van der Waals surface area contributed by atoms with Crippen molar-refractivity contribution < 1.29 is 9.84 Å². The molecule has 0 unspecified atom stereocenters. The molecule has 21 heavy (non-hydrogen) atoms. The lowest BCUT2D eigenvalue weighted by Crippen LogP contribution is -2.34. The second-order valence-electron chi connectivity index (χ2n) is 5.97. The quantitative estimate of drug-likeness (QED) is 0.723. The molecule has 1 rings (SSSR count). The number of rotatable bonds is 9. The van der Waals surface area contributed by atoms with Crippen LogP contribution in [0.15, 0.2) is 18.2 Å². The minimum atomic E-state index is -0.790. The lowest BCUT2D eigenvalue weighted by molar-refractivity contribution is -0.0115. The number of para-hydroxylation sites is 1. The molecule has 0 amide bonds. The number of halogens is 1. The fourth-order valence-corrected chi connectivity index (χ4v) is 2.26.